The van der Waals surface area contributed by atoms with Crippen molar-refractivity contribution >= 4 is 29.0 Å². The average Bonchev–Trinajstić information content (AvgIpc) is 2.71. The van der Waals surface area contributed by atoms with Crippen molar-refractivity contribution in [1.29, 1.82) is 0 Å². The molecule has 0 unspecified atom stereocenters. The molecule has 0 atom stereocenters. The Hall–Kier alpha value is -2.28. The first-order valence-electron chi connectivity index (χ1n) is 5.72. The molecule has 1 aromatic rings. The van der Waals surface area contributed by atoms with Crippen LogP contribution in [0.2, 0.25) is 0 Å². The SMILES string of the molecule is COCC1=NN(c2ccc(NC(C)=O)cn2)C(=O)C1. The number of nitrogens with one attached hydrogen (secondary N) is 1. The molecule has 1 aliphatic heterocycles. The van der Waals surface area contributed by atoms with Gasteiger partial charge in [0.15, 0.2) is 5.82 Å². The van der Waals surface area contributed by atoms with Crippen LogP contribution in [0.4, 0.5) is 11.5 Å². The van der Waals surface area contributed by atoms with Gasteiger partial charge in [-0.25, -0.2) is 4.98 Å². The van der Waals surface area contributed by atoms with E-state index in [1.54, 1.807) is 19.2 Å². The number of anilines is 2. The van der Waals surface area contributed by atoms with Crippen molar-refractivity contribution in [2.45, 2.75) is 13.3 Å². The zero-order chi connectivity index (χ0) is 13.8. The van der Waals surface area contributed by atoms with Crippen LogP contribution in [0.1, 0.15) is 13.3 Å². The molecule has 0 saturated heterocycles. The molecule has 1 aliphatic rings. The van der Waals surface area contributed by atoms with E-state index < -0.39 is 0 Å². The van der Waals surface area contributed by atoms with Crippen LogP contribution in [0, 0.1) is 0 Å². The second kappa shape index (κ2) is 5.57. The van der Waals surface area contributed by atoms with Crippen molar-refractivity contribution in [3.05, 3.63) is 18.3 Å². The highest BCUT2D eigenvalue weighted by Crippen LogP contribution is 2.19. The Kier molecular flexibility index (Phi) is 3.86. The highest BCUT2D eigenvalue weighted by molar-refractivity contribution is 6.13. The quantitative estimate of drug-likeness (QED) is 0.869. The number of carbonyl (C=O) groups excluding carboxylic acids is 2. The molecule has 7 heteroatoms. The smallest absolute Gasteiger partial charge is 0.254 e. The number of rotatable bonds is 4. The number of hydrazone groups is 1. The van der Waals surface area contributed by atoms with Gasteiger partial charge in [-0.15, -0.1) is 0 Å². The van der Waals surface area contributed by atoms with Gasteiger partial charge in [-0.3, -0.25) is 9.59 Å². The van der Waals surface area contributed by atoms with Crippen molar-refractivity contribution in [1.82, 2.24) is 4.98 Å². The highest BCUT2D eigenvalue weighted by atomic mass is 16.5. The molecule has 0 aromatic carbocycles. The first-order chi connectivity index (χ1) is 9.10. The average molecular weight is 262 g/mol. The van der Waals surface area contributed by atoms with E-state index in [0.29, 0.717) is 23.8 Å². The number of amides is 2. The molecule has 0 fully saturated rings. The number of aromatic nitrogens is 1. The van der Waals surface area contributed by atoms with Gasteiger partial charge in [0.1, 0.15) is 0 Å². The normalized spacial score (nSPS) is 14.5. The van der Waals surface area contributed by atoms with Gasteiger partial charge in [-0.05, 0) is 12.1 Å². The number of hydrogen-bond acceptors (Lipinski definition) is 5. The summed E-state index contributed by atoms with van der Waals surface area (Å²) in [6, 6.07) is 3.29. The molecule has 2 rings (SSSR count). The van der Waals surface area contributed by atoms with Gasteiger partial charge in [0.05, 0.1) is 30.6 Å². The standard InChI is InChI=1S/C12H14N4O3/c1-8(17)14-9-3-4-11(13-6-9)16-12(18)5-10(15-16)7-19-2/h3-4,6H,5,7H2,1-2H3,(H,14,17). The van der Waals surface area contributed by atoms with Crippen LogP contribution in [-0.2, 0) is 14.3 Å². The van der Waals surface area contributed by atoms with Crippen molar-refractivity contribution in [2.24, 2.45) is 5.10 Å². The summed E-state index contributed by atoms with van der Waals surface area (Å²) in [6.45, 7) is 1.74. The Bertz CT molecular complexity index is 524. The van der Waals surface area contributed by atoms with Crippen LogP contribution < -0.4 is 10.3 Å². The molecule has 1 aromatic heterocycles. The summed E-state index contributed by atoms with van der Waals surface area (Å²) in [4.78, 5) is 26.8. The Balaban J connectivity index is 2.13. The lowest BCUT2D eigenvalue weighted by molar-refractivity contribution is -0.117. The zero-order valence-corrected chi connectivity index (χ0v) is 10.7. The third-order valence-corrected chi connectivity index (χ3v) is 2.43. The number of nitrogens with zero attached hydrogens (tertiary/aromatic N) is 3. The molecule has 1 N–H and O–H groups in total. The summed E-state index contributed by atoms with van der Waals surface area (Å²) in [5, 5.41) is 7.99. The van der Waals surface area contributed by atoms with E-state index in [2.05, 4.69) is 15.4 Å². The fraction of sp³-hybridized carbons (Fsp3) is 0.333. The van der Waals surface area contributed by atoms with Crippen molar-refractivity contribution < 1.29 is 14.3 Å². The van der Waals surface area contributed by atoms with E-state index in [0.717, 1.165) is 0 Å². The second-order valence-corrected chi connectivity index (χ2v) is 4.07. The summed E-state index contributed by atoms with van der Waals surface area (Å²) in [7, 11) is 1.55. The van der Waals surface area contributed by atoms with E-state index in [1.807, 2.05) is 0 Å². The van der Waals surface area contributed by atoms with Crippen molar-refractivity contribution in [3.8, 4) is 0 Å². The molecule has 0 bridgehead atoms. The molecule has 2 heterocycles. The van der Waals surface area contributed by atoms with Gasteiger partial charge in [-0.1, -0.05) is 0 Å². The molecule has 0 aliphatic carbocycles. The van der Waals surface area contributed by atoms with Crippen LogP contribution in [0.15, 0.2) is 23.4 Å². The summed E-state index contributed by atoms with van der Waals surface area (Å²) < 4.78 is 4.94. The number of hydrogen-bond donors (Lipinski definition) is 1. The summed E-state index contributed by atoms with van der Waals surface area (Å²) in [5.41, 5.74) is 1.24. The second-order valence-electron chi connectivity index (χ2n) is 4.07. The van der Waals surface area contributed by atoms with Crippen molar-refractivity contribution in [2.75, 3.05) is 24.0 Å². The van der Waals surface area contributed by atoms with Crippen LogP contribution in [0.5, 0.6) is 0 Å². The lowest BCUT2D eigenvalue weighted by Crippen LogP contribution is -2.20. The third kappa shape index (κ3) is 3.14. The summed E-state index contributed by atoms with van der Waals surface area (Å²) in [5.74, 6) is 0.101. The first kappa shape index (κ1) is 13.2. The maximum atomic E-state index is 11.8. The lowest BCUT2D eigenvalue weighted by atomic mass is 10.3. The van der Waals surface area contributed by atoms with Gasteiger partial charge in [0.2, 0.25) is 5.91 Å². The maximum Gasteiger partial charge on any atom is 0.254 e. The predicted octanol–water partition coefficient (Wildman–Crippen LogP) is 0.779. The third-order valence-electron chi connectivity index (χ3n) is 2.43. The minimum absolute atomic E-state index is 0.146. The van der Waals surface area contributed by atoms with Crippen molar-refractivity contribution in [3.63, 3.8) is 0 Å². The van der Waals surface area contributed by atoms with Gasteiger partial charge in [-0.2, -0.15) is 10.1 Å². The maximum absolute atomic E-state index is 11.8. The minimum Gasteiger partial charge on any atom is -0.379 e. The van der Waals surface area contributed by atoms with E-state index in [-0.39, 0.29) is 18.2 Å². The van der Waals surface area contributed by atoms with Crippen LogP contribution in [0.3, 0.4) is 0 Å². The van der Waals surface area contributed by atoms with E-state index in [9.17, 15) is 9.59 Å². The Labute approximate surface area is 110 Å². The lowest BCUT2D eigenvalue weighted by Gasteiger charge is -2.10. The van der Waals surface area contributed by atoms with Gasteiger partial charge < -0.3 is 10.1 Å². The number of carbonyl (C=O) groups is 2. The number of ether oxygens (including phenoxy) is 1. The van der Waals surface area contributed by atoms with Gasteiger partial charge in [0, 0.05) is 14.0 Å². The largest absolute Gasteiger partial charge is 0.379 e. The van der Waals surface area contributed by atoms with E-state index in [4.69, 9.17) is 4.74 Å². The number of methoxy groups -OCH3 is 1. The highest BCUT2D eigenvalue weighted by Gasteiger charge is 2.25. The van der Waals surface area contributed by atoms with Crippen LogP contribution in [0.25, 0.3) is 0 Å². The Morgan fingerprint density at radius 3 is 2.89 bits per heavy atom. The van der Waals surface area contributed by atoms with Crippen LogP contribution >= 0.6 is 0 Å². The molecule has 0 spiro atoms. The summed E-state index contributed by atoms with van der Waals surface area (Å²) in [6.07, 6.45) is 1.72. The predicted molar refractivity (Wildman–Crippen MR) is 70.0 cm³/mol. The fourth-order valence-electron chi connectivity index (χ4n) is 1.70. The first-order valence-corrected chi connectivity index (χ1v) is 5.72. The molecule has 0 saturated carbocycles. The summed E-state index contributed by atoms with van der Waals surface area (Å²) >= 11 is 0. The van der Waals surface area contributed by atoms with Crippen LogP contribution in [-0.4, -0.2) is 36.2 Å². The Morgan fingerprint density at radius 2 is 2.32 bits per heavy atom. The molecule has 2 amide bonds. The van der Waals surface area contributed by atoms with E-state index >= 15 is 0 Å². The molecule has 7 nitrogen and oxygen atoms in total. The van der Waals surface area contributed by atoms with E-state index in [1.165, 1.54) is 18.1 Å². The molecule has 100 valence electrons. The molecule has 19 heavy (non-hydrogen) atoms. The molecule has 0 radical (unpaired) electrons. The zero-order valence-electron chi connectivity index (χ0n) is 10.7. The number of pyridine rings is 1. The monoisotopic (exact) mass is 262 g/mol. The fourth-order valence-corrected chi connectivity index (χ4v) is 1.70. The minimum atomic E-state index is -0.174. The molecular formula is C12H14N4O3. The van der Waals surface area contributed by atoms with Gasteiger partial charge >= 0.3 is 0 Å². The Morgan fingerprint density at radius 1 is 1.53 bits per heavy atom. The molecular weight excluding hydrogens is 248 g/mol. The van der Waals surface area contributed by atoms with Gasteiger partial charge in [0.25, 0.3) is 5.91 Å². The topological polar surface area (TPSA) is 83.9 Å².